The molecule has 0 aliphatic carbocycles. The van der Waals surface area contributed by atoms with Gasteiger partial charge >= 0.3 is 0 Å². The molecule has 1 rings (SSSR count). The SMILES string of the molecule is CNS(=O)(=O)c1ccccc1CN(O)C(C)(C)C. The summed E-state index contributed by atoms with van der Waals surface area (Å²) in [6.07, 6.45) is 0. The molecule has 0 atom stereocenters. The van der Waals surface area contributed by atoms with Crippen LogP contribution in [0.3, 0.4) is 0 Å². The van der Waals surface area contributed by atoms with Gasteiger partial charge in [-0.2, -0.15) is 5.06 Å². The van der Waals surface area contributed by atoms with Crippen molar-refractivity contribution in [3.63, 3.8) is 0 Å². The lowest BCUT2D eigenvalue weighted by atomic mass is 10.1. The average Bonchev–Trinajstić information content (AvgIpc) is 2.28. The molecule has 0 aromatic heterocycles. The van der Waals surface area contributed by atoms with Gasteiger partial charge in [0.05, 0.1) is 11.4 Å². The molecular weight excluding hydrogens is 252 g/mol. The van der Waals surface area contributed by atoms with Gasteiger partial charge in [0.25, 0.3) is 0 Å². The molecule has 0 radical (unpaired) electrons. The first-order valence-corrected chi connectivity index (χ1v) is 7.15. The third-order valence-corrected chi connectivity index (χ3v) is 4.14. The highest BCUT2D eigenvalue weighted by Gasteiger charge is 2.23. The summed E-state index contributed by atoms with van der Waals surface area (Å²) in [7, 11) is -2.14. The largest absolute Gasteiger partial charge is 0.313 e. The Morgan fingerprint density at radius 2 is 1.83 bits per heavy atom. The zero-order chi connectivity index (χ0) is 14.0. The van der Waals surface area contributed by atoms with Crippen molar-refractivity contribution >= 4 is 10.0 Å². The number of benzene rings is 1. The van der Waals surface area contributed by atoms with Crippen molar-refractivity contribution in [3.8, 4) is 0 Å². The molecule has 0 aliphatic rings. The van der Waals surface area contributed by atoms with Gasteiger partial charge in [0, 0.05) is 5.54 Å². The zero-order valence-electron chi connectivity index (χ0n) is 11.1. The smallest absolute Gasteiger partial charge is 0.240 e. The van der Waals surface area contributed by atoms with Crippen LogP contribution in [0.5, 0.6) is 0 Å². The standard InChI is InChI=1S/C12H20N2O3S/c1-12(2,3)14(15)9-10-7-5-6-8-11(10)18(16,17)13-4/h5-8,13,15H,9H2,1-4H3. The van der Waals surface area contributed by atoms with Gasteiger partial charge < -0.3 is 5.21 Å². The molecule has 0 aliphatic heterocycles. The van der Waals surface area contributed by atoms with Crippen LogP contribution in [-0.4, -0.2) is 31.3 Å². The molecule has 2 N–H and O–H groups in total. The lowest BCUT2D eigenvalue weighted by molar-refractivity contribution is -0.164. The second-order valence-electron chi connectivity index (χ2n) is 5.04. The summed E-state index contributed by atoms with van der Waals surface area (Å²) in [4.78, 5) is 0.191. The first-order valence-electron chi connectivity index (χ1n) is 5.66. The molecular formula is C12H20N2O3S. The number of hydrogen-bond acceptors (Lipinski definition) is 4. The second-order valence-corrected chi connectivity index (χ2v) is 6.90. The molecule has 5 nitrogen and oxygen atoms in total. The van der Waals surface area contributed by atoms with E-state index in [-0.39, 0.29) is 11.4 Å². The molecule has 0 fully saturated rings. The summed E-state index contributed by atoms with van der Waals surface area (Å²) >= 11 is 0. The number of hydroxylamine groups is 2. The minimum absolute atomic E-state index is 0.153. The average molecular weight is 272 g/mol. The molecule has 0 saturated carbocycles. The van der Waals surface area contributed by atoms with E-state index in [9.17, 15) is 13.6 Å². The van der Waals surface area contributed by atoms with E-state index in [1.807, 2.05) is 20.8 Å². The van der Waals surface area contributed by atoms with E-state index in [1.165, 1.54) is 13.1 Å². The van der Waals surface area contributed by atoms with Crippen molar-refractivity contribution in [1.29, 1.82) is 0 Å². The first-order chi connectivity index (χ1) is 8.18. The van der Waals surface area contributed by atoms with E-state index in [4.69, 9.17) is 0 Å². The fourth-order valence-corrected chi connectivity index (χ4v) is 2.36. The highest BCUT2D eigenvalue weighted by atomic mass is 32.2. The Bertz CT molecular complexity index is 506. The molecule has 1 aromatic carbocycles. The molecule has 0 spiro atoms. The fraction of sp³-hybridized carbons (Fsp3) is 0.500. The monoisotopic (exact) mass is 272 g/mol. The van der Waals surface area contributed by atoms with Gasteiger partial charge in [-0.15, -0.1) is 0 Å². The van der Waals surface area contributed by atoms with E-state index < -0.39 is 15.6 Å². The van der Waals surface area contributed by atoms with Crippen molar-refractivity contribution in [3.05, 3.63) is 29.8 Å². The van der Waals surface area contributed by atoms with Crippen LogP contribution in [0.1, 0.15) is 26.3 Å². The van der Waals surface area contributed by atoms with Crippen LogP contribution in [-0.2, 0) is 16.6 Å². The Morgan fingerprint density at radius 1 is 1.28 bits per heavy atom. The van der Waals surface area contributed by atoms with E-state index in [1.54, 1.807) is 18.2 Å². The van der Waals surface area contributed by atoms with Crippen molar-refractivity contribution in [2.75, 3.05) is 7.05 Å². The molecule has 0 bridgehead atoms. The van der Waals surface area contributed by atoms with E-state index in [0.717, 1.165) is 5.06 Å². The second kappa shape index (κ2) is 5.36. The minimum Gasteiger partial charge on any atom is -0.313 e. The normalized spacial score (nSPS) is 13.0. The van der Waals surface area contributed by atoms with Crippen LogP contribution in [0.15, 0.2) is 29.2 Å². The van der Waals surface area contributed by atoms with E-state index >= 15 is 0 Å². The van der Waals surface area contributed by atoms with Crippen molar-refractivity contribution < 1.29 is 13.6 Å². The van der Waals surface area contributed by atoms with E-state index in [2.05, 4.69) is 4.72 Å². The lowest BCUT2D eigenvalue weighted by Gasteiger charge is -2.30. The molecule has 0 amide bonds. The van der Waals surface area contributed by atoms with Crippen molar-refractivity contribution in [2.45, 2.75) is 37.8 Å². The molecule has 18 heavy (non-hydrogen) atoms. The Hall–Kier alpha value is -0.950. The topological polar surface area (TPSA) is 69.6 Å². The number of nitrogens with zero attached hydrogens (tertiary/aromatic N) is 1. The van der Waals surface area contributed by atoms with Crippen LogP contribution < -0.4 is 4.72 Å². The van der Waals surface area contributed by atoms with Crippen molar-refractivity contribution in [2.24, 2.45) is 0 Å². The highest BCUT2D eigenvalue weighted by Crippen LogP contribution is 2.20. The predicted molar refractivity (Wildman–Crippen MR) is 69.8 cm³/mol. The Kier molecular flexibility index (Phi) is 4.50. The molecule has 102 valence electrons. The summed E-state index contributed by atoms with van der Waals surface area (Å²) in [5.41, 5.74) is 0.112. The first kappa shape index (κ1) is 15.1. The van der Waals surface area contributed by atoms with Crippen molar-refractivity contribution in [1.82, 2.24) is 9.79 Å². The van der Waals surface area contributed by atoms with Crippen LogP contribution in [0.2, 0.25) is 0 Å². The Morgan fingerprint density at radius 3 is 2.33 bits per heavy atom. The fourth-order valence-electron chi connectivity index (χ4n) is 1.41. The van der Waals surface area contributed by atoms with Gasteiger partial charge in [0.15, 0.2) is 0 Å². The molecule has 0 unspecified atom stereocenters. The van der Waals surface area contributed by atoms with Gasteiger partial charge in [-0.3, -0.25) is 0 Å². The predicted octanol–water partition coefficient (Wildman–Crippen LogP) is 1.58. The summed E-state index contributed by atoms with van der Waals surface area (Å²) in [5, 5.41) is 11.0. The minimum atomic E-state index is -3.51. The maximum Gasteiger partial charge on any atom is 0.240 e. The molecule has 0 heterocycles. The quantitative estimate of drug-likeness (QED) is 0.817. The summed E-state index contributed by atoms with van der Waals surface area (Å²) in [6, 6.07) is 6.63. The summed E-state index contributed by atoms with van der Waals surface area (Å²) in [5.74, 6) is 0. The van der Waals surface area contributed by atoms with Crippen LogP contribution in [0, 0.1) is 0 Å². The van der Waals surface area contributed by atoms with Gasteiger partial charge in [-0.25, -0.2) is 13.1 Å². The number of nitrogens with one attached hydrogen (secondary N) is 1. The van der Waals surface area contributed by atoms with Crippen LogP contribution in [0.4, 0.5) is 0 Å². The third-order valence-electron chi connectivity index (χ3n) is 2.63. The van der Waals surface area contributed by atoms with Crippen LogP contribution in [0.25, 0.3) is 0 Å². The highest BCUT2D eigenvalue weighted by molar-refractivity contribution is 7.89. The number of sulfonamides is 1. The number of rotatable bonds is 4. The van der Waals surface area contributed by atoms with Gasteiger partial charge in [-0.05, 0) is 39.4 Å². The lowest BCUT2D eigenvalue weighted by Crippen LogP contribution is -2.38. The molecule has 6 heteroatoms. The number of hydrogen-bond donors (Lipinski definition) is 2. The maximum atomic E-state index is 11.8. The molecule has 0 saturated heterocycles. The Labute approximate surface area is 108 Å². The van der Waals surface area contributed by atoms with Crippen LogP contribution >= 0.6 is 0 Å². The zero-order valence-corrected chi connectivity index (χ0v) is 12.0. The molecule has 1 aromatic rings. The summed E-state index contributed by atoms with van der Waals surface area (Å²) in [6.45, 7) is 5.70. The maximum absolute atomic E-state index is 11.8. The van der Waals surface area contributed by atoms with Gasteiger partial charge in [-0.1, -0.05) is 18.2 Å². The third kappa shape index (κ3) is 3.52. The van der Waals surface area contributed by atoms with Gasteiger partial charge in [0.1, 0.15) is 0 Å². The van der Waals surface area contributed by atoms with E-state index in [0.29, 0.717) is 5.56 Å². The van der Waals surface area contributed by atoms with Gasteiger partial charge in [0.2, 0.25) is 10.0 Å². The Balaban J connectivity index is 3.12. The summed E-state index contributed by atoms with van der Waals surface area (Å²) < 4.78 is 26.0.